The average Bonchev–Trinajstić information content (AvgIpc) is 3.22. The molecule has 3 heterocycles. The van der Waals surface area contributed by atoms with Crippen molar-refractivity contribution in [3.63, 3.8) is 0 Å². The smallest absolute Gasteiger partial charge is 0.226 e. The van der Waals surface area contributed by atoms with Crippen LogP contribution in [0.3, 0.4) is 0 Å². The van der Waals surface area contributed by atoms with E-state index in [1.807, 2.05) is 17.1 Å². The summed E-state index contributed by atoms with van der Waals surface area (Å²) in [7, 11) is 0. The third-order valence-corrected chi connectivity index (χ3v) is 5.18. The second kappa shape index (κ2) is 5.83. The Kier molecular flexibility index (Phi) is 3.67. The molecule has 2 aliphatic rings. The summed E-state index contributed by atoms with van der Waals surface area (Å²) in [5.41, 5.74) is 3.59. The molecule has 1 N–H and O–H groups in total. The van der Waals surface area contributed by atoms with Crippen molar-refractivity contribution in [3.05, 3.63) is 35.4 Å². The minimum Gasteiger partial charge on any atom is -0.340 e. The second-order valence-electron chi connectivity index (χ2n) is 6.89. The number of nitrogens with zero attached hydrogens (tertiary/aromatic N) is 4. The third-order valence-electron chi connectivity index (χ3n) is 5.18. The topological polar surface area (TPSA) is 66.8 Å². The number of nitrogens with one attached hydrogen (secondary N) is 1. The number of H-pyrrole nitrogens is 1. The quantitative estimate of drug-likeness (QED) is 0.920. The summed E-state index contributed by atoms with van der Waals surface area (Å²) in [6.45, 7) is 3.72. The largest absolute Gasteiger partial charge is 0.340 e. The molecular weight excluding hydrogens is 290 g/mol. The first kappa shape index (κ1) is 14.5. The van der Waals surface area contributed by atoms with E-state index in [0.29, 0.717) is 11.9 Å². The minimum atomic E-state index is 0.0982. The molecule has 2 unspecified atom stereocenters. The number of aromatic nitrogens is 4. The summed E-state index contributed by atoms with van der Waals surface area (Å²) < 4.78 is 2.03. The fourth-order valence-corrected chi connectivity index (χ4v) is 3.88. The lowest BCUT2D eigenvalue weighted by Crippen LogP contribution is -2.44. The lowest BCUT2D eigenvalue weighted by molar-refractivity contribution is -0.137. The van der Waals surface area contributed by atoms with Crippen LogP contribution in [0, 0.1) is 12.8 Å². The Bertz CT molecular complexity index is 703. The van der Waals surface area contributed by atoms with Crippen LogP contribution in [0.15, 0.2) is 18.6 Å². The molecular formula is C17H23N5O. The average molecular weight is 313 g/mol. The number of rotatable bonds is 2. The van der Waals surface area contributed by atoms with Crippen molar-refractivity contribution in [1.82, 2.24) is 24.9 Å². The summed E-state index contributed by atoms with van der Waals surface area (Å²) in [6.07, 6.45) is 10.7. The van der Waals surface area contributed by atoms with Gasteiger partial charge < -0.3 is 4.90 Å². The molecule has 2 aromatic rings. The van der Waals surface area contributed by atoms with E-state index < -0.39 is 0 Å². The van der Waals surface area contributed by atoms with Gasteiger partial charge in [-0.25, -0.2) is 0 Å². The highest BCUT2D eigenvalue weighted by Crippen LogP contribution is 2.28. The van der Waals surface area contributed by atoms with Gasteiger partial charge >= 0.3 is 0 Å². The van der Waals surface area contributed by atoms with Crippen molar-refractivity contribution in [1.29, 1.82) is 0 Å². The van der Waals surface area contributed by atoms with Gasteiger partial charge in [0.05, 0.1) is 18.4 Å². The number of hydrogen-bond acceptors (Lipinski definition) is 3. The van der Waals surface area contributed by atoms with E-state index in [4.69, 9.17) is 0 Å². The van der Waals surface area contributed by atoms with Gasteiger partial charge in [0.25, 0.3) is 0 Å². The fourth-order valence-electron chi connectivity index (χ4n) is 3.88. The van der Waals surface area contributed by atoms with E-state index in [-0.39, 0.29) is 5.92 Å². The number of aromatic amines is 1. The molecule has 6 nitrogen and oxygen atoms in total. The lowest BCUT2D eigenvalue weighted by atomic mass is 9.86. The van der Waals surface area contributed by atoms with Crippen molar-refractivity contribution < 1.29 is 4.79 Å². The van der Waals surface area contributed by atoms with Crippen LogP contribution in [0.5, 0.6) is 0 Å². The molecule has 0 spiro atoms. The Morgan fingerprint density at radius 3 is 3.09 bits per heavy atom. The molecule has 0 aromatic carbocycles. The highest BCUT2D eigenvalue weighted by atomic mass is 16.2. The van der Waals surface area contributed by atoms with Crippen LogP contribution in [-0.4, -0.2) is 43.9 Å². The Labute approximate surface area is 135 Å². The zero-order chi connectivity index (χ0) is 15.8. The van der Waals surface area contributed by atoms with Crippen molar-refractivity contribution in [2.45, 2.75) is 45.1 Å². The second-order valence-corrected chi connectivity index (χ2v) is 6.89. The van der Waals surface area contributed by atoms with E-state index >= 15 is 0 Å². The van der Waals surface area contributed by atoms with Gasteiger partial charge in [-0.05, 0) is 43.7 Å². The SMILES string of the molecule is Cc1cnn(C2CCCN(C(=O)C3CCc4cn[nH]c4C3)C2)c1. The molecule has 1 saturated heterocycles. The predicted octanol–water partition coefficient (Wildman–Crippen LogP) is 1.88. The molecule has 6 heteroatoms. The molecule has 1 aliphatic carbocycles. The first-order chi connectivity index (χ1) is 11.2. The van der Waals surface area contributed by atoms with Crippen molar-refractivity contribution in [3.8, 4) is 0 Å². The number of carbonyl (C=O) groups is 1. The maximum absolute atomic E-state index is 12.9. The van der Waals surface area contributed by atoms with E-state index in [2.05, 4.69) is 33.3 Å². The van der Waals surface area contributed by atoms with Crippen molar-refractivity contribution >= 4 is 5.91 Å². The van der Waals surface area contributed by atoms with Crippen LogP contribution in [-0.2, 0) is 17.6 Å². The first-order valence-electron chi connectivity index (χ1n) is 8.51. The summed E-state index contributed by atoms with van der Waals surface area (Å²) in [6, 6.07) is 0.313. The van der Waals surface area contributed by atoms with Gasteiger partial charge in [0.15, 0.2) is 0 Å². The molecule has 2 aromatic heterocycles. The zero-order valence-electron chi connectivity index (χ0n) is 13.5. The van der Waals surface area contributed by atoms with Gasteiger partial charge in [-0.1, -0.05) is 0 Å². The standard InChI is InChI=1S/C17H23N5O/c1-12-8-19-22(10-12)15-3-2-6-21(11-15)17(23)13-4-5-14-9-18-20-16(14)7-13/h8-10,13,15H,2-7,11H2,1H3,(H,18,20). The van der Waals surface area contributed by atoms with Gasteiger partial charge in [-0.15, -0.1) is 0 Å². The molecule has 0 bridgehead atoms. The Morgan fingerprint density at radius 1 is 1.35 bits per heavy atom. The minimum absolute atomic E-state index is 0.0982. The van der Waals surface area contributed by atoms with Crippen LogP contribution in [0.25, 0.3) is 0 Å². The Hall–Kier alpha value is -2.11. The van der Waals surface area contributed by atoms with Crippen LogP contribution >= 0.6 is 0 Å². The van der Waals surface area contributed by atoms with Gasteiger partial charge in [-0.2, -0.15) is 10.2 Å². The van der Waals surface area contributed by atoms with Crippen LogP contribution in [0.2, 0.25) is 0 Å². The highest BCUT2D eigenvalue weighted by Gasteiger charge is 2.32. The van der Waals surface area contributed by atoms with Crippen molar-refractivity contribution in [2.24, 2.45) is 5.92 Å². The summed E-state index contributed by atoms with van der Waals surface area (Å²) in [5, 5.41) is 11.6. The number of carbonyl (C=O) groups excluding carboxylic acids is 1. The normalized spacial score (nSPS) is 24.5. The number of fused-ring (bicyclic) bond motifs is 1. The van der Waals surface area contributed by atoms with E-state index in [1.165, 1.54) is 11.1 Å². The zero-order valence-corrected chi connectivity index (χ0v) is 13.5. The summed E-state index contributed by atoms with van der Waals surface area (Å²) >= 11 is 0. The van der Waals surface area contributed by atoms with Crippen molar-refractivity contribution in [2.75, 3.05) is 13.1 Å². The van der Waals surface area contributed by atoms with Crippen LogP contribution < -0.4 is 0 Å². The maximum Gasteiger partial charge on any atom is 0.226 e. The molecule has 0 saturated carbocycles. The predicted molar refractivity (Wildman–Crippen MR) is 85.9 cm³/mol. The molecule has 4 rings (SSSR count). The molecule has 2 atom stereocenters. The number of hydrogen-bond donors (Lipinski definition) is 1. The van der Waals surface area contributed by atoms with E-state index in [0.717, 1.165) is 50.9 Å². The van der Waals surface area contributed by atoms with Crippen LogP contribution in [0.1, 0.15) is 42.1 Å². The lowest BCUT2D eigenvalue weighted by Gasteiger charge is -2.35. The number of amides is 1. The molecule has 122 valence electrons. The van der Waals surface area contributed by atoms with Gasteiger partial charge in [0, 0.05) is 37.3 Å². The van der Waals surface area contributed by atoms with Gasteiger partial charge in [0.2, 0.25) is 5.91 Å². The number of piperidine rings is 1. The monoisotopic (exact) mass is 313 g/mol. The first-order valence-corrected chi connectivity index (χ1v) is 8.51. The fraction of sp³-hybridized carbons (Fsp3) is 0.588. The van der Waals surface area contributed by atoms with E-state index in [9.17, 15) is 4.79 Å². The number of aryl methyl sites for hydroxylation is 2. The summed E-state index contributed by atoms with van der Waals surface area (Å²) in [5.74, 6) is 0.403. The summed E-state index contributed by atoms with van der Waals surface area (Å²) in [4.78, 5) is 15.0. The highest BCUT2D eigenvalue weighted by molar-refractivity contribution is 5.79. The Morgan fingerprint density at radius 2 is 2.26 bits per heavy atom. The molecule has 1 aliphatic heterocycles. The molecule has 23 heavy (non-hydrogen) atoms. The maximum atomic E-state index is 12.9. The van der Waals surface area contributed by atoms with Gasteiger partial charge in [-0.3, -0.25) is 14.6 Å². The van der Waals surface area contributed by atoms with Gasteiger partial charge in [0.1, 0.15) is 0 Å². The van der Waals surface area contributed by atoms with E-state index in [1.54, 1.807) is 0 Å². The third kappa shape index (κ3) is 2.78. The Balaban J connectivity index is 1.44. The van der Waals surface area contributed by atoms with Crippen LogP contribution in [0.4, 0.5) is 0 Å². The number of likely N-dealkylation sites (tertiary alicyclic amines) is 1. The molecule has 1 fully saturated rings. The molecule has 1 amide bonds. The molecule has 0 radical (unpaired) electrons.